The van der Waals surface area contributed by atoms with Crippen LogP contribution in [0.25, 0.3) is 0 Å². The Morgan fingerprint density at radius 1 is 1.10 bits per heavy atom. The summed E-state index contributed by atoms with van der Waals surface area (Å²) in [5.74, 6) is 1.51. The summed E-state index contributed by atoms with van der Waals surface area (Å²) < 4.78 is 34.0. The maximum absolute atomic E-state index is 12.2. The van der Waals surface area contributed by atoms with Gasteiger partial charge in [-0.15, -0.1) is 0 Å². The minimum atomic E-state index is -2.87. The van der Waals surface area contributed by atoms with Crippen LogP contribution in [-0.4, -0.2) is 44.4 Å². The van der Waals surface area contributed by atoms with Gasteiger partial charge < -0.3 is 25.2 Å². The van der Waals surface area contributed by atoms with E-state index in [2.05, 4.69) is 26.4 Å². The van der Waals surface area contributed by atoms with E-state index in [-0.39, 0.29) is 12.3 Å². The molecule has 0 radical (unpaired) electrons. The van der Waals surface area contributed by atoms with Crippen LogP contribution < -0.4 is 20.1 Å². The second-order valence-electron chi connectivity index (χ2n) is 6.56. The van der Waals surface area contributed by atoms with Crippen molar-refractivity contribution >= 4 is 5.96 Å². The number of aliphatic hydroxyl groups excluding tert-OH is 1. The van der Waals surface area contributed by atoms with E-state index in [1.165, 1.54) is 17.7 Å². The molecule has 2 aromatic carbocycles. The zero-order valence-electron chi connectivity index (χ0n) is 17.3. The molecule has 0 aliphatic carbocycles. The number of nitrogens with zero attached hydrogens (tertiary/aromatic N) is 1. The minimum absolute atomic E-state index is 0.0514. The second kappa shape index (κ2) is 12.6. The molecule has 0 spiro atoms. The number of aliphatic hydroxyl groups is 1. The maximum Gasteiger partial charge on any atom is 0.387 e. The molecule has 0 aromatic heterocycles. The van der Waals surface area contributed by atoms with Crippen molar-refractivity contribution in [2.24, 2.45) is 4.99 Å². The van der Waals surface area contributed by atoms with Crippen LogP contribution in [0.1, 0.15) is 30.6 Å². The summed E-state index contributed by atoms with van der Waals surface area (Å²) in [5.41, 5.74) is 1.78. The average molecular weight is 421 g/mol. The van der Waals surface area contributed by atoms with Gasteiger partial charge in [0.1, 0.15) is 11.5 Å². The Bertz CT molecular complexity index is 785. The van der Waals surface area contributed by atoms with Gasteiger partial charge in [-0.25, -0.2) is 0 Å². The molecule has 0 aliphatic rings. The molecule has 0 aliphatic heterocycles. The number of rotatable bonds is 11. The number of halogens is 2. The number of guanidine groups is 1. The van der Waals surface area contributed by atoms with Crippen LogP contribution in [0.3, 0.4) is 0 Å². The van der Waals surface area contributed by atoms with Gasteiger partial charge in [0, 0.05) is 13.1 Å². The van der Waals surface area contributed by atoms with E-state index in [0.29, 0.717) is 18.1 Å². The molecule has 3 N–H and O–H groups in total. The minimum Gasteiger partial charge on any atom is -0.497 e. The van der Waals surface area contributed by atoms with Gasteiger partial charge in [0.15, 0.2) is 5.96 Å². The van der Waals surface area contributed by atoms with Crippen molar-refractivity contribution in [3.05, 3.63) is 59.7 Å². The number of nitrogens with one attached hydrogen (secondary N) is 2. The molecule has 164 valence electrons. The predicted octanol–water partition coefficient (Wildman–Crippen LogP) is 3.52. The van der Waals surface area contributed by atoms with E-state index in [4.69, 9.17) is 4.74 Å². The van der Waals surface area contributed by atoms with Gasteiger partial charge in [-0.1, -0.05) is 24.3 Å². The Morgan fingerprint density at radius 2 is 1.87 bits per heavy atom. The fraction of sp³-hybridized carbons (Fsp3) is 0.409. The van der Waals surface area contributed by atoms with Crippen molar-refractivity contribution in [1.29, 1.82) is 0 Å². The molecule has 0 heterocycles. The van der Waals surface area contributed by atoms with Gasteiger partial charge >= 0.3 is 6.61 Å². The monoisotopic (exact) mass is 421 g/mol. The summed E-state index contributed by atoms with van der Waals surface area (Å²) in [7, 11) is 1.65. The van der Waals surface area contributed by atoms with Gasteiger partial charge in [0.05, 0.1) is 19.8 Å². The van der Waals surface area contributed by atoms with Crippen molar-refractivity contribution in [3.8, 4) is 11.5 Å². The summed E-state index contributed by atoms with van der Waals surface area (Å²) in [6.45, 7) is 0.644. The highest BCUT2D eigenvalue weighted by molar-refractivity contribution is 5.79. The standard InChI is InChI=1S/C22H29F2N3O3/c1-3-25-22(26-13-5-7-16-6-4-8-19(14-16)29-2)27-15-20(28)17-9-11-18(12-10-17)30-21(23)24/h4,6,8-12,14,20-21,28H,3,5,7,13,15H2,1-2H3,(H2,25,26,27). The van der Waals surface area contributed by atoms with Crippen LogP contribution in [0.2, 0.25) is 0 Å². The first-order valence-electron chi connectivity index (χ1n) is 9.89. The number of methoxy groups -OCH3 is 1. The van der Waals surface area contributed by atoms with E-state index in [0.717, 1.165) is 25.1 Å². The first-order chi connectivity index (χ1) is 14.5. The van der Waals surface area contributed by atoms with Crippen molar-refractivity contribution in [1.82, 2.24) is 10.6 Å². The average Bonchev–Trinajstić information content (AvgIpc) is 2.75. The lowest BCUT2D eigenvalue weighted by atomic mass is 10.1. The predicted molar refractivity (Wildman–Crippen MR) is 113 cm³/mol. The largest absolute Gasteiger partial charge is 0.497 e. The lowest BCUT2D eigenvalue weighted by Gasteiger charge is -2.14. The maximum atomic E-state index is 12.2. The number of hydrogen-bond donors (Lipinski definition) is 3. The van der Waals surface area contributed by atoms with Crippen molar-refractivity contribution in [2.75, 3.05) is 26.7 Å². The number of alkyl halides is 2. The third-order valence-corrected chi connectivity index (χ3v) is 4.33. The highest BCUT2D eigenvalue weighted by Crippen LogP contribution is 2.19. The number of hydrogen-bond acceptors (Lipinski definition) is 4. The number of aryl methyl sites for hydroxylation is 1. The quantitative estimate of drug-likeness (QED) is 0.294. The van der Waals surface area contributed by atoms with Crippen LogP contribution in [0.5, 0.6) is 11.5 Å². The number of aliphatic imine (C=N–C) groups is 1. The Hall–Kier alpha value is -2.87. The summed E-state index contributed by atoms with van der Waals surface area (Å²) in [6, 6.07) is 13.9. The molecule has 2 rings (SSSR count). The molecule has 1 unspecified atom stereocenters. The van der Waals surface area contributed by atoms with Gasteiger partial charge in [0.25, 0.3) is 0 Å². The molecule has 0 bridgehead atoms. The molecule has 8 heteroatoms. The normalized spacial score (nSPS) is 12.5. The van der Waals surface area contributed by atoms with E-state index in [1.807, 2.05) is 25.1 Å². The lowest BCUT2D eigenvalue weighted by Crippen LogP contribution is -2.38. The van der Waals surface area contributed by atoms with Gasteiger partial charge in [-0.2, -0.15) is 8.78 Å². The first-order valence-corrected chi connectivity index (χ1v) is 9.89. The summed E-state index contributed by atoms with van der Waals surface area (Å²) in [4.78, 5) is 4.41. The highest BCUT2D eigenvalue weighted by atomic mass is 19.3. The summed E-state index contributed by atoms with van der Waals surface area (Å²) in [6.07, 6.45) is 0.961. The van der Waals surface area contributed by atoms with E-state index < -0.39 is 12.7 Å². The molecular weight excluding hydrogens is 392 g/mol. The Labute approximate surface area is 175 Å². The Kier molecular flexibility index (Phi) is 9.86. The summed E-state index contributed by atoms with van der Waals surface area (Å²) >= 11 is 0. The topological polar surface area (TPSA) is 75.1 Å². The Morgan fingerprint density at radius 3 is 2.53 bits per heavy atom. The van der Waals surface area contributed by atoms with Gasteiger partial charge in [-0.05, 0) is 55.2 Å². The van der Waals surface area contributed by atoms with Crippen molar-refractivity contribution in [2.45, 2.75) is 32.5 Å². The zero-order valence-corrected chi connectivity index (χ0v) is 17.3. The highest BCUT2D eigenvalue weighted by Gasteiger charge is 2.09. The van der Waals surface area contributed by atoms with E-state index in [1.54, 1.807) is 19.2 Å². The van der Waals surface area contributed by atoms with Gasteiger partial charge in [-0.3, -0.25) is 4.99 Å². The summed E-state index contributed by atoms with van der Waals surface area (Å²) in [5, 5.41) is 16.7. The zero-order chi connectivity index (χ0) is 21.8. The van der Waals surface area contributed by atoms with Crippen LogP contribution in [0.15, 0.2) is 53.5 Å². The third kappa shape index (κ3) is 8.24. The van der Waals surface area contributed by atoms with E-state index >= 15 is 0 Å². The fourth-order valence-corrected chi connectivity index (χ4v) is 2.82. The van der Waals surface area contributed by atoms with Crippen LogP contribution in [0, 0.1) is 0 Å². The second-order valence-corrected chi connectivity index (χ2v) is 6.56. The molecule has 2 aromatic rings. The smallest absolute Gasteiger partial charge is 0.387 e. The van der Waals surface area contributed by atoms with E-state index in [9.17, 15) is 13.9 Å². The molecule has 0 saturated heterocycles. The lowest BCUT2D eigenvalue weighted by molar-refractivity contribution is -0.0498. The number of ether oxygens (including phenoxy) is 2. The van der Waals surface area contributed by atoms with Crippen molar-refractivity contribution < 1.29 is 23.4 Å². The molecule has 1 atom stereocenters. The molecule has 0 saturated carbocycles. The first kappa shape index (κ1) is 23.4. The van der Waals surface area contributed by atoms with Crippen molar-refractivity contribution in [3.63, 3.8) is 0 Å². The molecule has 0 fully saturated rings. The molecule has 30 heavy (non-hydrogen) atoms. The van der Waals surface area contributed by atoms with Crippen LogP contribution in [-0.2, 0) is 6.42 Å². The third-order valence-electron chi connectivity index (χ3n) is 4.33. The number of benzene rings is 2. The Balaban J connectivity index is 1.82. The SMILES string of the molecule is CCNC(=NCC(O)c1ccc(OC(F)F)cc1)NCCCc1cccc(OC)c1. The molecule has 0 amide bonds. The molecule has 6 nitrogen and oxygen atoms in total. The van der Waals surface area contributed by atoms with Gasteiger partial charge in [0.2, 0.25) is 0 Å². The van der Waals surface area contributed by atoms with Crippen LogP contribution in [0.4, 0.5) is 8.78 Å². The van der Waals surface area contributed by atoms with Crippen LogP contribution >= 0.6 is 0 Å². The molecular formula is C22H29F2N3O3. The fourth-order valence-electron chi connectivity index (χ4n) is 2.82.